The normalized spacial score (nSPS) is 15.9. The lowest BCUT2D eigenvalue weighted by atomic mass is 9.99. The average molecular weight is 412 g/mol. The molecule has 2 heterocycles. The Hall–Kier alpha value is -3.31. The molecule has 0 unspecified atom stereocenters. The Morgan fingerprint density at radius 1 is 0.933 bits per heavy atom. The molecular formula is C25H21N3OS. The highest BCUT2D eigenvalue weighted by atomic mass is 32.2. The van der Waals surface area contributed by atoms with Crippen molar-refractivity contribution in [2.24, 2.45) is 0 Å². The lowest BCUT2D eigenvalue weighted by molar-refractivity contribution is -0.113. The van der Waals surface area contributed by atoms with Crippen molar-refractivity contribution in [3.8, 4) is 16.9 Å². The lowest BCUT2D eigenvalue weighted by Gasteiger charge is -2.16. The predicted octanol–water partition coefficient (Wildman–Crippen LogP) is 5.62. The van der Waals surface area contributed by atoms with Crippen LogP contribution >= 0.6 is 11.8 Å². The molecule has 0 saturated carbocycles. The highest BCUT2D eigenvalue weighted by molar-refractivity contribution is 8.00. The van der Waals surface area contributed by atoms with Crippen LogP contribution in [-0.2, 0) is 4.79 Å². The van der Waals surface area contributed by atoms with E-state index in [4.69, 9.17) is 5.10 Å². The third-order valence-corrected chi connectivity index (χ3v) is 6.52. The minimum Gasteiger partial charge on any atom is -0.310 e. The van der Waals surface area contributed by atoms with Crippen LogP contribution in [0.4, 0.5) is 5.82 Å². The standard InChI is InChI=1S/C25H21N3OS/c1-17-12-14-19(15-13-17)24-22-23(18-8-4-2-5-9-18)27-28(20-10-6-3-7-11-20)25(22)26-21(29)16-30-24/h2-15,24H,16H2,1H3,(H,26,29)/t24-/m1/s1. The molecule has 1 aromatic heterocycles. The molecule has 0 fully saturated rings. The molecule has 0 saturated heterocycles. The van der Waals surface area contributed by atoms with Crippen molar-refractivity contribution < 1.29 is 4.79 Å². The smallest absolute Gasteiger partial charge is 0.235 e. The molecule has 1 N–H and O–H groups in total. The average Bonchev–Trinajstić information content (AvgIpc) is 3.06. The first-order chi connectivity index (χ1) is 14.7. The van der Waals surface area contributed by atoms with Gasteiger partial charge in [-0.05, 0) is 24.6 Å². The summed E-state index contributed by atoms with van der Waals surface area (Å²) in [7, 11) is 0. The number of anilines is 1. The molecule has 5 rings (SSSR count). The van der Waals surface area contributed by atoms with Crippen molar-refractivity contribution in [3.05, 3.63) is 102 Å². The van der Waals surface area contributed by atoms with E-state index in [2.05, 4.69) is 48.6 Å². The first-order valence-corrected chi connectivity index (χ1v) is 11.0. The molecule has 1 amide bonds. The second kappa shape index (κ2) is 7.84. The number of aryl methyl sites for hydroxylation is 1. The van der Waals surface area contributed by atoms with Gasteiger partial charge in [0.1, 0.15) is 5.82 Å². The second-order valence-corrected chi connectivity index (χ2v) is 8.47. The maximum Gasteiger partial charge on any atom is 0.235 e. The van der Waals surface area contributed by atoms with Crippen LogP contribution in [0, 0.1) is 6.92 Å². The number of para-hydroxylation sites is 1. The SMILES string of the molecule is Cc1ccc([C@H]2SCC(=O)Nc3c2c(-c2ccccc2)nn3-c2ccccc2)cc1. The van der Waals surface area contributed by atoms with Gasteiger partial charge in [-0.25, -0.2) is 4.68 Å². The number of carbonyl (C=O) groups excluding carboxylic acids is 1. The molecule has 0 aliphatic carbocycles. The van der Waals surface area contributed by atoms with E-state index < -0.39 is 0 Å². The fourth-order valence-corrected chi connectivity index (χ4v) is 4.91. The highest BCUT2D eigenvalue weighted by Gasteiger charge is 2.32. The maximum atomic E-state index is 12.6. The number of nitrogens with one attached hydrogen (secondary N) is 1. The van der Waals surface area contributed by atoms with Crippen molar-refractivity contribution in [2.75, 3.05) is 11.1 Å². The van der Waals surface area contributed by atoms with Crippen molar-refractivity contribution in [1.82, 2.24) is 9.78 Å². The molecule has 0 radical (unpaired) electrons. The topological polar surface area (TPSA) is 46.9 Å². The van der Waals surface area contributed by atoms with Crippen molar-refractivity contribution in [3.63, 3.8) is 0 Å². The third-order valence-electron chi connectivity index (χ3n) is 5.25. The Labute approximate surface area is 179 Å². The molecule has 1 aliphatic rings. The fourth-order valence-electron chi connectivity index (χ4n) is 3.78. The number of nitrogens with zero attached hydrogens (tertiary/aromatic N) is 2. The summed E-state index contributed by atoms with van der Waals surface area (Å²) in [5, 5.41) is 8.13. The molecule has 4 aromatic rings. The van der Waals surface area contributed by atoms with Gasteiger partial charge in [0.15, 0.2) is 0 Å². The zero-order valence-corrected chi connectivity index (χ0v) is 17.4. The number of carbonyl (C=O) groups is 1. The summed E-state index contributed by atoms with van der Waals surface area (Å²) in [6, 6.07) is 28.7. The van der Waals surface area contributed by atoms with Gasteiger partial charge in [-0.2, -0.15) is 5.10 Å². The lowest BCUT2D eigenvalue weighted by Crippen LogP contribution is -2.15. The van der Waals surface area contributed by atoms with Crippen LogP contribution in [0.1, 0.15) is 21.9 Å². The second-order valence-electron chi connectivity index (χ2n) is 7.37. The minimum atomic E-state index is -0.00689. The van der Waals surface area contributed by atoms with Crippen LogP contribution in [0.25, 0.3) is 16.9 Å². The van der Waals surface area contributed by atoms with Crippen LogP contribution < -0.4 is 5.32 Å². The quantitative estimate of drug-likeness (QED) is 0.476. The van der Waals surface area contributed by atoms with E-state index in [0.717, 1.165) is 28.3 Å². The summed E-state index contributed by atoms with van der Waals surface area (Å²) < 4.78 is 1.86. The Morgan fingerprint density at radius 2 is 1.60 bits per heavy atom. The van der Waals surface area contributed by atoms with Crippen LogP contribution in [-0.4, -0.2) is 21.4 Å². The van der Waals surface area contributed by atoms with Gasteiger partial charge in [0, 0.05) is 11.1 Å². The molecular weight excluding hydrogens is 390 g/mol. The monoisotopic (exact) mass is 411 g/mol. The Kier molecular flexibility index (Phi) is 4.89. The number of fused-ring (bicyclic) bond motifs is 1. The van der Waals surface area contributed by atoms with Crippen LogP contribution in [0.15, 0.2) is 84.9 Å². The molecule has 0 spiro atoms. The van der Waals surface area contributed by atoms with E-state index in [-0.39, 0.29) is 11.2 Å². The molecule has 148 valence electrons. The highest BCUT2D eigenvalue weighted by Crippen LogP contribution is 2.46. The Morgan fingerprint density at radius 3 is 2.30 bits per heavy atom. The van der Waals surface area contributed by atoms with Gasteiger partial charge >= 0.3 is 0 Å². The molecule has 5 heteroatoms. The maximum absolute atomic E-state index is 12.6. The van der Waals surface area contributed by atoms with E-state index in [9.17, 15) is 4.79 Å². The number of aromatic nitrogens is 2. The Balaban J connectivity index is 1.78. The van der Waals surface area contributed by atoms with Crippen molar-refractivity contribution in [2.45, 2.75) is 12.2 Å². The van der Waals surface area contributed by atoms with E-state index in [1.165, 1.54) is 11.1 Å². The number of benzene rings is 3. The van der Waals surface area contributed by atoms with E-state index in [1.807, 2.05) is 53.2 Å². The van der Waals surface area contributed by atoms with E-state index in [1.54, 1.807) is 11.8 Å². The summed E-state index contributed by atoms with van der Waals surface area (Å²) in [5.41, 5.74) is 6.30. The van der Waals surface area contributed by atoms with Gasteiger partial charge in [0.05, 0.1) is 22.4 Å². The number of thioether (sulfide) groups is 1. The number of rotatable bonds is 3. The third kappa shape index (κ3) is 3.42. The zero-order chi connectivity index (χ0) is 20.5. The van der Waals surface area contributed by atoms with Crippen LogP contribution in [0.5, 0.6) is 0 Å². The minimum absolute atomic E-state index is 0.00668. The first kappa shape index (κ1) is 18.7. The number of hydrogen-bond donors (Lipinski definition) is 1. The number of amides is 1. The van der Waals surface area contributed by atoms with E-state index >= 15 is 0 Å². The predicted molar refractivity (Wildman–Crippen MR) is 123 cm³/mol. The Bertz CT molecular complexity index is 1180. The van der Waals surface area contributed by atoms with Crippen LogP contribution in [0.2, 0.25) is 0 Å². The molecule has 1 aliphatic heterocycles. The van der Waals surface area contributed by atoms with Gasteiger partial charge < -0.3 is 5.32 Å². The molecule has 30 heavy (non-hydrogen) atoms. The van der Waals surface area contributed by atoms with Crippen LogP contribution in [0.3, 0.4) is 0 Å². The van der Waals surface area contributed by atoms with Gasteiger partial charge in [-0.1, -0.05) is 78.4 Å². The largest absolute Gasteiger partial charge is 0.310 e. The van der Waals surface area contributed by atoms with Gasteiger partial charge in [0.2, 0.25) is 5.91 Å². The summed E-state index contributed by atoms with van der Waals surface area (Å²) in [6.45, 7) is 2.09. The number of hydrogen-bond acceptors (Lipinski definition) is 3. The van der Waals surface area contributed by atoms with Gasteiger partial charge in [0.25, 0.3) is 0 Å². The summed E-state index contributed by atoms with van der Waals surface area (Å²) in [5.74, 6) is 1.14. The zero-order valence-electron chi connectivity index (χ0n) is 16.6. The molecule has 4 nitrogen and oxygen atoms in total. The van der Waals surface area contributed by atoms with Gasteiger partial charge in [-0.15, -0.1) is 11.8 Å². The molecule has 0 bridgehead atoms. The molecule has 1 atom stereocenters. The van der Waals surface area contributed by atoms with Crippen molar-refractivity contribution >= 4 is 23.5 Å². The summed E-state index contributed by atoms with van der Waals surface area (Å²) >= 11 is 1.65. The first-order valence-electron chi connectivity index (χ1n) is 9.92. The van der Waals surface area contributed by atoms with Crippen molar-refractivity contribution in [1.29, 1.82) is 0 Å². The summed E-state index contributed by atoms with van der Waals surface area (Å²) in [6.07, 6.45) is 0. The summed E-state index contributed by atoms with van der Waals surface area (Å²) in [4.78, 5) is 12.6. The van der Waals surface area contributed by atoms with Gasteiger partial charge in [-0.3, -0.25) is 4.79 Å². The van der Waals surface area contributed by atoms with E-state index in [0.29, 0.717) is 5.75 Å². The molecule has 3 aromatic carbocycles. The fraction of sp³-hybridized carbons (Fsp3) is 0.120.